The summed E-state index contributed by atoms with van der Waals surface area (Å²) in [5.74, 6) is 0.573. The molecule has 0 spiro atoms. The van der Waals surface area contributed by atoms with Crippen LogP contribution in [0.1, 0.15) is 63.1 Å². The van der Waals surface area contributed by atoms with Gasteiger partial charge in [-0.2, -0.15) is 0 Å². The number of fused-ring (bicyclic) bond motifs is 1. The van der Waals surface area contributed by atoms with Gasteiger partial charge < -0.3 is 21.6 Å². The molecular weight excluding hydrogens is 594 g/mol. The number of aromatic nitrogens is 2. The van der Waals surface area contributed by atoms with Gasteiger partial charge in [0.15, 0.2) is 0 Å². The van der Waals surface area contributed by atoms with E-state index in [2.05, 4.69) is 94.9 Å². The van der Waals surface area contributed by atoms with Crippen LogP contribution in [0.2, 0.25) is 0 Å². The Morgan fingerprint density at radius 3 is 1.81 bits per heavy atom. The molecular formula is C41H43N5O2. The molecule has 0 aliphatic heterocycles. The monoisotopic (exact) mass is 637 g/mol. The van der Waals surface area contributed by atoms with Crippen LogP contribution in [-0.2, 0) is 26.1 Å². The van der Waals surface area contributed by atoms with Gasteiger partial charge in [-0.15, -0.1) is 0 Å². The maximum absolute atomic E-state index is 13.5. The zero-order chi connectivity index (χ0) is 33.5. The fourth-order valence-electron chi connectivity index (χ4n) is 6.95. The highest BCUT2D eigenvalue weighted by Gasteiger charge is 2.38. The first-order valence-corrected chi connectivity index (χ1v) is 16.5. The quantitative estimate of drug-likeness (QED) is 0.102. The maximum Gasteiger partial charge on any atom is 0.408 e. The van der Waals surface area contributed by atoms with E-state index in [4.69, 9.17) is 11.5 Å². The number of aromatic amines is 1. The second-order valence-electron chi connectivity index (χ2n) is 12.5. The highest BCUT2D eigenvalue weighted by atomic mass is 16.4. The van der Waals surface area contributed by atoms with Crippen molar-refractivity contribution < 1.29 is 9.90 Å². The number of nitrogens with two attached hydrogens (primary N) is 2. The molecule has 7 heteroatoms. The first-order chi connectivity index (χ1) is 23.4. The van der Waals surface area contributed by atoms with Crippen LogP contribution in [-0.4, -0.2) is 26.1 Å². The molecule has 0 aliphatic rings. The summed E-state index contributed by atoms with van der Waals surface area (Å²) in [6, 6.07) is 43.0. The SMILES string of the molecule is Cc1nc2ccc(C(C(CCc3ccc(CN)cc3)C(c3ccccc3)c3ccccc3)N(Cc3ccc(CN)cc3)C(=O)O)cc2[nH]1. The Bertz CT molecular complexity index is 1880. The minimum absolute atomic E-state index is 0.0959. The number of nitrogens with one attached hydrogen (secondary N) is 1. The minimum atomic E-state index is -0.971. The Kier molecular flexibility index (Phi) is 10.3. The van der Waals surface area contributed by atoms with Gasteiger partial charge in [0.2, 0.25) is 0 Å². The molecule has 0 aliphatic carbocycles. The van der Waals surface area contributed by atoms with Crippen LogP contribution in [0.5, 0.6) is 0 Å². The van der Waals surface area contributed by atoms with Crippen LogP contribution in [0.25, 0.3) is 11.0 Å². The van der Waals surface area contributed by atoms with Crippen LogP contribution in [0.15, 0.2) is 127 Å². The number of carboxylic acid groups (broad SMARTS) is 1. The van der Waals surface area contributed by atoms with Crippen LogP contribution in [0.4, 0.5) is 4.79 Å². The lowest BCUT2D eigenvalue weighted by molar-refractivity contribution is 0.0921. The fraction of sp³-hybridized carbons (Fsp3) is 0.220. The molecule has 1 amide bonds. The Morgan fingerprint density at radius 1 is 0.729 bits per heavy atom. The van der Waals surface area contributed by atoms with E-state index in [1.165, 1.54) is 5.56 Å². The van der Waals surface area contributed by atoms with E-state index in [-0.39, 0.29) is 18.4 Å². The molecule has 48 heavy (non-hydrogen) atoms. The van der Waals surface area contributed by atoms with Crippen molar-refractivity contribution in [2.24, 2.45) is 17.4 Å². The minimum Gasteiger partial charge on any atom is -0.465 e. The molecule has 1 heterocycles. The van der Waals surface area contributed by atoms with Crippen molar-refractivity contribution in [1.29, 1.82) is 0 Å². The molecule has 7 nitrogen and oxygen atoms in total. The third-order valence-corrected chi connectivity index (χ3v) is 9.34. The molecule has 6 N–H and O–H groups in total. The van der Waals surface area contributed by atoms with Crippen molar-refractivity contribution >= 4 is 17.1 Å². The molecule has 244 valence electrons. The predicted molar refractivity (Wildman–Crippen MR) is 192 cm³/mol. The van der Waals surface area contributed by atoms with Gasteiger partial charge >= 0.3 is 6.09 Å². The fourth-order valence-corrected chi connectivity index (χ4v) is 6.95. The summed E-state index contributed by atoms with van der Waals surface area (Å²) in [5.41, 5.74) is 20.9. The molecule has 1 aromatic heterocycles. The Labute approximate surface area is 282 Å². The van der Waals surface area contributed by atoms with E-state index < -0.39 is 12.1 Å². The van der Waals surface area contributed by atoms with E-state index in [0.29, 0.717) is 13.1 Å². The summed E-state index contributed by atoms with van der Waals surface area (Å²) < 4.78 is 0. The average Bonchev–Trinajstić information content (AvgIpc) is 3.51. The van der Waals surface area contributed by atoms with Crippen molar-refractivity contribution in [3.63, 3.8) is 0 Å². The molecule has 5 aromatic carbocycles. The van der Waals surface area contributed by atoms with Gasteiger partial charge in [0, 0.05) is 25.6 Å². The predicted octanol–water partition coefficient (Wildman–Crippen LogP) is 8.09. The first kappa shape index (κ1) is 32.7. The van der Waals surface area contributed by atoms with Crippen molar-refractivity contribution in [3.8, 4) is 0 Å². The van der Waals surface area contributed by atoms with Gasteiger partial charge in [0.1, 0.15) is 5.82 Å². The summed E-state index contributed by atoms with van der Waals surface area (Å²) in [6.07, 6.45) is 0.532. The number of hydrogen-bond acceptors (Lipinski definition) is 4. The number of hydrogen-bond donors (Lipinski definition) is 4. The summed E-state index contributed by atoms with van der Waals surface area (Å²) >= 11 is 0. The average molecular weight is 638 g/mol. The number of benzene rings is 5. The molecule has 6 aromatic rings. The number of imidazole rings is 1. The highest BCUT2D eigenvalue weighted by Crippen LogP contribution is 2.45. The zero-order valence-corrected chi connectivity index (χ0v) is 27.3. The van der Waals surface area contributed by atoms with Crippen LogP contribution in [0, 0.1) is 12.8 Å². The number of rotatable bonds is 13. The molecule has 0 fully saturated rings. The second kappa shape index (κ2) is 15.1. The Balaban J connectivity index is 1.54. The molecule has 0 saturated carbocycles. The van der Waals surface area contributed by atoms with Gasteiger partial charge in [-0.05, 0) is 76.8 Å². The number of amides is 1. The molecule has 0 radical (unpaired) electrons. The summed E-state index contributed by atoms with van der Waals surface area (Å²) in [7, 11) is 0. The molecule has 0 saturated heterocycles. The van der Waals surface area contributed by atoms with Crippen molar-refractivity contribution in [2.45, 2.75) is 51.4 Å². The van der Waals surface area contributed by atoms with E-state index >= 15 is 0 Å². The van der Waals surface area contributed by atoms with Gasteiger partial charge in [0.25, 0.3) is 0 Å². The van der Waals surface area contributed by atoms with E-state index in [1.807, 2.05) is 49.4 Å². The van der Waals surface area contributed by atoms with E-state index in [9.17, 15) is 9.90 Å². The number of H-pyrrole nitrogens is 1. The van der Waals surface area contributed by atoms with Crippen molar-refractivity contribution in [1.82, 2.24) is 14.9 Å². The third kappa shape index (κ3) is 7.49. The van der Waals surface area contributed by atoms with Crippen molar-refractivity contribution in [2.75, 3.05) is 0 Å². The summed E-state index contributed by atoms with van der Waals surface area (Å²) in [6.45, 7) is 3.08. The van der Waals surface area contributed by atoms with Gasteiger partial charge in [-0.1, -0.05) is 115 Å². The van der Waals surface area contributed by atoms with Crippen LogP contribution < -0.4 is 11.5 Å². The lowest BCUT2D eigenvalue weighted by Gasteiger charge is -2.40. The molecule has 0 bridgehead atoms. The van der Waals surface area contributed by atoms with Gasteiger partial charge in [-0.25, -0.2) is 9.78 Å². The van der Waals surface area contributed by atoms with Crippen molar-refractivity contribution in [3.05, 3.63) is 172 Å². The molecule has 6 rings (SSSR count). The first-order valence-electron chi connectivity index (χ1n) is 16.5. The van der Waals surface area contributed by atoms with E-state index in [1.54, 1.807) is 4.90 Å². The standard InChI is InChI=1S/C41H43N5O2/c1-28-44-37-23-21-35(24-38(37)45-28)40(46(41(47)48)27-32-18-16-31(26-43)17-19-32)36(22-20-29-12-14-30(25-42)15-13-29)39(33-8-4-2-5-9-33)34-10-6-3-7-11-34/h2-19,21,23-24,36,39-40H,20,22,25-27,42-43H2,1H3,(H,44,45)(H,47,48). The Morgan fingerprint density at radius 2 is 1.27 bits per heavy atom. The highest BCUT2D eigenvalue weighted by molar-refractivity contribution is 5.76. The maximum atomic E-state index is 13.5. The van der Waals surface area contributed by atoms with E-state index in [0.717, 1.165) is 63.1 Å². The number of carbonyl (C=O) groups is 1. The third-order valence-electron chi connectivity index (χ3n) is 9.34. The number of aryl methyl sites for hydroxylation is 2. The van der Waals surface area contributed by atoms with Crippen LogP contribution in [0.3, 0.4) is 0 Å². The van der Waals surface area contributed by atoms with Crippen LogP contribution >= 0.6 is 0 Å². The molecule has 2 atom stereocenters. The summed E-state index contributed by atoms with van der Waals surface area (Å²) in [5, 5.41) is 11.1. The second-order valence-corrected chi connectivity index (χ2v) is 12.5. The Hall–Kier alpha value is -5.24. The largest absolute Gasteiger partial charge is 0.465 e. The zero-order valence-electron chi connectivity index (χ0n) is 27.3. The lowest BCUT2D eigenvalue weighted by Crippen LogP contribution is -2.40. The van der Waals surface area contributed by atoms with Gasteiger partial charge in [0.05, 0.1) is 17.1 Å². The normalized spacial score (nSPS) is 12.7. The molecule has 2 unspecified atom stereocenters. The van der Waals surface area contributed by atoms with Gasteiger partial charge in [-0.3, -0.25) is 4.90 Å². The number of nitrogens with zero attached hydrogens (tertiary/aromatic N) is 2. The summed E-state index contributed by atoms with van der Waals surface area (Å²) in [4.78, 5) is 23.2. The smallest absolute Gasteiger partial charge is 0.408 e. The lowest BCUT2D eigenvalue weighted by atomic mass is 9.72. The topological polar surface area (TPSA) is 121 Å².